The lowest BCUT2D eigenvalue weighted by Crippen LogP contribution is -2.34. The van der Waals surface area contributed by atoms with Crippen LogP contribution in [0.15, 0.2) is 78.9 Å². The number of carbonyl (C=O) groups is 1. The molecule has 38 heavy (non-hydrogen) atoms. The predicted molar refractivity (Wildman–Crippen MR) is 157 cm³/mol. The lowest BCUT2D eigenvalue weighted by Gasteiger charge is -2.32. The van der Waals surface area contributed by atoms with Crippen LogP contribution in [-0.2, 0) is 11.2 Å². The number of aliphatic hydroxyl groups excluding tert-OH is 1. The fraction of sp³-hybridized carbons (Fsp3) is 0.382. The number of nitrogens with one attached hydrogen (secondary N) is 1. The Morgan fingerprint density at radius 3 is 2.11 bits per heavy atom. The first-order chi connectivity index (χ1) is 18.6. The maximum absolute atomic E-state index is 11.5. The van der Waals surface area contributed by atoms with E-state index >= 15 is 0 Å². The van der Waals surface area contributed by atoms with E-state index in [1.165, 1.54) is 79.1 Å². The van der Waals surface area contributed by atoms with Crippen molar-refractivity contribution in [3.05, 3.63) is 101 Å². The quantitative estimate of drug-likeness (QED) is 0.293. The summed E-state index contributed by atoms with van der Waals surface area (Å²) in [6, 6.07) is 28.9. The zero-order valence-electron chi connectivity index (χ0n) is 22.5. The van der Waals surface area contributed by atoms with Crippen molar-refractivity contribution < 1.29 is 9.90 Å². The summed E-state index contributed by atoms with van der Waals surface area (Å²) < 4.78 is 0. The number of carbonyl (C=O) groups excluding carboxylic acids is 1. The van der Waals surface area contributed by atoms with Gasteiger partial charge in [-0.2, -0.15) is 0 Å². The van der Waals surface area contributed by atoms with Gasteiger partial charge in [-0.25, -0.2) is 0 Å². The number of anilines is 1. The first kappa shape index (κ1) is 26.4. The van der Waals surface area contributed by atoms with Gasteiger partial charge < -0.3 is 15.3 Å². The number of piperidine rings is 1. The van der Waals surface area contributed by atoms with Crippen LogP contribution in [0, 0.1) is 0 Å². The van der Waals surface area contributed by atoms with Crippen molar-refractivity contribution in [2.24, 2.45) is 0 Å². The maximum atomic E-state index is 11.5. The van der Waals surface area contributed by atoms with E-state index in [0.717, 1.165) is 31.0 Å². The molecule has 4 heteroatoms. The fourth-order valence-corrected chi connectivity index (χ4v) is 5.86. The Kier molecular flexibility index (Phi) is 8.72. The summed E-state index contributed by atoms with van der Waals surface area (Å²) in [6.07, 6.45) is 7.63. The zero-order valence-corrected chi connectivity index (χ0v) is 22.5. The lowest BCUT2D eigenvalue weighted by atomic mass is 9.85. The molecule has 1 amide bonds. The van der Waals surface area contributed by atoms with Crippen molar-refractivity contribution >= 4 is 22.7 Å². The van der Waals surface area contributed by atoms with Crippen molar-refractivity contribution in [1.82, 2.24) is 4.90 Å². The number of benzene rings is 3. The Labute approximate surface area is 227 Å². The van der Waals surface area contributed by atoms with E-state index in [4.69, 9.17) is 0 Å². The van der Waals surface area contributed by atoms with Gasteiger partial charge in [-0.15, -0.1) is 0 Å². The normalized spacial score (nSPS) is 17.2. The molecule has 1 aliphatic heterocycles. The Bertz CT molecular complexity index is 1220. The van der Waals surface area contributed by atoms with Crippen LogP contribution < -0.4 is 5.32 Å². The van der Waals surface area contributed by atoms with E-state index in [0.29, 0.717) is 5.92 Å². The van der Waals surface area contributed by atoms with Crippen molar-refractivity contribution in [1.29, 1.82) is 0 Å². The molecule has 0 atom stereocenters. The summed E-state index contributed by atoms with van der Waals surface area (Å²) in [5, 5.41) is 12.5. The lowest BCUT2D eigenvalue weighted by molar-refractivity contribution is -0.114. The summed E-state index contributed by atoms with van der Waals surface area (Å²) in [5.74, 6) is 0.586. The molecule has 0 bridgehead atoms. The van der Waals surface area contributed by atoms with Gasteiger partial charge in [0.25, 0.3) is 0 Å². The van der Waals surface area contributed by atoms with E-state index in [1.807, 2.05) is 12.1 Å². The highest BCUT2D eigenvalue weighted by Crippen LogP contribution is 2.37. The first-order valence-corrected chi connectivity index (χ1v) is 14.2. The molecular weight excluding hydrogens is 468 g/mol. The second-order valence-electron chi connectivity index (χ2n) is 10.9. The van der Waals surface area contributed by atoms with Crippen LogP contribution in [0.4, 0.5) is 5.69 Å². The average Bonchev–Trinajstić information content (AvgIpc) is 3.80. The smallest absolute Gasteiger partial charge is 0.221 e. The molecule has 2 fully saturated rings. The second-order valence-corrected chi connectivity index (χ2v) is 10.9. The van der Waals surface area contributed by atoms with Crippen LogP contribution in [-0.4, -0.2) is 41.7 Å². The van der Waals surface area contributed by atoms with Gasteiger partial charge in [0.05, 0.1) is 0 Å². The molecule has 1 saturated carbocycles. The summed E-state index contributed by atoms with van der Waals surface area (Å²) in [6.45, 7) is 4.17. The van der Waals surface area contributed by atoms with E-state index in [2.05, 4.69) is 76.9 Å². The molecule has 0 spiro atoms. The summed E-state index contributed by atoms with van der Waals surface area (Å²) in [4.78, 5) is 14.1. The highest BCUT2D eigenvalue weighted by Gasteiger charge is 2.32. The third kappa shape index (κ3) is 6.80. The van der Waals surface area contributed by atoms with E-state index in [1.54, 1.807) is 0 Å². The van der Waals surface area contributed by atoms with E-state index in [9.17, 15) is 9.90 Å². The molecule has 5 rings (SSSR count). The zero-order chi connectivity index (χ0) is 26.3. The van der Waals surface area contributed by atoms with Gasteiger partial charge in [0.15, 0.2) is 0 Å². The first-order valence-electron chi connectivity index (χ1n) is 14.2. The van der Waals surface area contributed by atoms with Gasteiger partial charge in [-0.05, 0) is 109 Å². The Balaban J connectivity index is 1.44. The topological polar surface area (TPSA) is 52.6 Å². The second kappa shape index (κ2) is 12.6. The Hall–Kier alpha value is -3.21. The largest absolute Gasteiger partial charge is 0.396 e. The molecule has 198 valence electrons. The van der Waals surface area contributed by atoms with Gasteiger partial charge in [0.1, 0.15) is 0 Å². The third-order valence-corrected chi connectivity index (χ3v) is 8.05. The average molecular weight is 509 g/mol. The van der Waals surface area contributed by atoms with Crippen molar-refractivity contribution in [3.8, 4) is 0 Å². The molecule has 1 saturated heterocycles. The molecule has 2 aliphatic rings. The number of aliphatic hydroxyl groups is 1. The molecule has 0 unspecified atom stereocenters. The van der Waals surface area contributed by atoms with Gasteiger partial charge in [-0.3, -0.25) is 4.79 Å². The minimum atomic E-state index is -0.0630. The molecule has 3 aromatic rings. The molecule has 1 aliphatic carbocycles. The fourth-order valence-electron chi connectivity index (χ4n) is 5.86. The van der Waals surface area contributed by atoms with Gasteiger partial charge in [0.2, 0.25) is 5.91 Å². The monoisotopic (exact) mass is 508 g/mol. The molecule has 4 nitrogen and oxygen atoms in total. The highest BCUT2D eigenvalue weighted by molar-refractivity contribution is 5.92. The van der Waals surface area contributed by atoms with E-state index in [-0.39, 0.29) is 12.5 Å². The molecule has 0 radical (unpaired) electrons. The van der Waals surface area contributed by atoms with E-state index < -0.39 is 0 Å². The Morgan fingerprint density at radius 2 is 1.50 bits per heavy atom. The van der Waals surface area contributed by atoms with Crippen LogP contribution in [0.25, 0.3) is 11.1 Å². The van der Waals surface area contributed by atoms with Gasteiger partial charge in [0, 0.05) is 25.3 Å². The number of hydrogen-bond acceptors (Lipinski definition) is 3. The number of likely N-dealkylation sites (tertiary alicyclic amines) is 1. The summed E-state index contributed by atoms with van der Waals surface area (Å²) >= 11 is 0. The molecule has 0 aromatic heterocycles. The maximum Gasteiger partial charge on any atom is 0.221 e. The van der Waals surface area contributed by atoms with Crippen LogP contribution >= 0.6 is 0 Å². The number of nitrogens with zero attached hydrogens (tertiary/aromatic N) is 1. The van der Waals surface area contributed by atoms with Crippen molar-refractivity contribution in [2.45, 2.75) is 63.8 Å². The highest BCUT2D eigenvalue weighted by atomic mass is 16.2. The van der Waals surface area contributed by atoms with Crippen LogP contribution in [0.5, 0.6) is 0 Å². The molecule has 2 N–H and O–H groups in total. The SMILES string of the molecule is CC(=O)Nc1ccc(C/C(=C(\CCCO)c2ccccc2)c2ccc(C3CCN(C4CC4)CC3)cc2)cc1. The van der Waals surface area contributed by atoms with Gasteiger partial charge >= 0.3 is 0 Å². The summed E-state index contributed by atoms with van der Waals surface area (Å²) in [5.41, 5.74) is 8.51. The van der Waals surface area contributed by atoms with Gasteiger partial charge in [-0.1, -0.05) is 66.7 Å². The Morgan fingerprint density at radius 1 is 0.842 bits per heavy atom. The molecule has 3 aromatic carbocycles. The minimum Gasteiger partial charge on any atom is -0.396 e. The predicted octanol–water partition coefficient (Wildman–Crippen LogP) is 6.91. The standard InChI is InChI=1S/C34H40N2O2/c1-25(38)35-31-15-9-26(10-16-31)24-34(33(8-5-23-37)29-6-3-2-4-7-29)30-13-11-27(12-14-30)28-19-21-36(22-20-28)32-17-18-32/h2-4,6-7,9-16,28,32,37H,5,8,17-24H2,1H3,(H,35,38)/b34-33-. The molecule has 1 heterocycles. The third-order valence-electron chi connectivity index (χ3n) is 8.05. The number of hydrogen-bond donors (Lipinski definition) is 2. The summed E-state index contributed by atoms with van der Waals surface area (Å²) in [7, 11) is 0. The number of allylic oxidation sites excluding steroid dienone is 2. The van der Waals surface area contributed by atoms with Crippen LogP contribution in [0.2, 0.25) is 0 Å². The number of amides is 1. The van der Waals surface area contributed by atoms with Crippen LogP contribution in [0.1, 0.15) is 73.6 Å². The minimum absolute atomic E-state index is 0.0630. The molecular formula is C34H40N2O2. The van der Waals surface area contributed by atoms with Crippen LogP contribution in [0.3, 0.4) is 0 Å². The number of rotatable bonds is 10. The van der Waals surface area contributed by atoms with Crippen molar-refractivity contribution in [2.75, 3.05) is 25.0 Å². The van der Waals surface area contributed by atoms with Crippen molar-refractivity contribution in [3.63, 3.8) is 0 Å².